The van der Waals surface area contributed by atoms with Gasteiger partial charge in [0.25, 0.3) is 0 Å². The summed E-state index contributed by atoms with van der Waals surface area (Å²) in [6, 6.07) is 12.8. The third-order valence-corrected chi connectivity index (χ3v) is 2.26. The molecule has 4 nitrogen and oxygen atoms in total. The van der Waals surface area contributed by atoms with Crippen LogP contribution in [0.25, 0.3) is 0 Å². The van der Waals surface area contributed by atoms with Gasteiger partial charge < -0.3 is 10.5 Å². The first-order valence-electron chi connectivity index (χ1n) is 5.15. The molecule has 0 saturated heterocycles. The quantitative estimate of drug-likeness (QED) is 0.869. The van der Waals surface area contributed by atoms with Gasteiger partial charge in [0.15, 0.2) is 11.4 Å². The highest BCUT2D eigenvalue weighted by Gasteiger charge is 2.04. The van der Waals surface area contributed by atoms with Crippen LogP contribution in [0, 0.1) is 11.3 Å². The van der Waals surface area contributed by atoms with Crippen molar-refractivity contribution in [3.63, 3.8) is 0 Å². The fourth-order valence-electron chi connectivity index (χ4n) is 1.38. The van der Waals surface area contributed by atoms with Gasteiger partial charge in [-0.1, -0.05) is 12.1 Å². The van der Waals surface area contributed by atoms with E-state index in [-0.39, 0.29) is 5.69 Å². The molecule has 4 heteroatoms. The number of pyridine rings is 1. The van der Waals surface area contributed by atoms with Gasteiger partial charge in [0.1, 0.15) is 11.8 Å². The minimum absolute atomic E-state index is 0.274. The number of hydrogen-bond donors (Lipinski definition) is 1. The first-order chi connectivity index (χ1) is 8.33. The fourth-order valence-corrected chi connectivity index (χ4v) is 1.38. The SMILES string of the molecule is N#Cc1ncccc1Oc1ccc(CN)cc1. The lowest BCUT2D eigenvalue weighted by molar-refractivity contribution is 0.478. The van der Waals surface area contributed by atoms with Crippen molar-refractivity contribution in [3.05, 3.63) is 53.9 Å². The third-order valence-electron chi connectivity index (χ3n) is 2.26. The summed E-state index contributed by atoms with van der Waals surface area (Å²) in [5, 5.41) is 8.87. The molecular weight excluding hydrogens is 214 g/mol. The van der Waals surface area contributed by atoms with Crippen LogP contribution in [0.4, 0.5) is 0 Å². The lowest BCUT2D eigenvalue weighted by Gasteiger charge is -2.06. The van der Waals surface area contributed by atoms with Crippen molar-refractivity contribution >= 4 is 0 Å². The van der Waals surface area contributed by atoms with E-state index in [1.165, 1.54) is 0 Å². The van der Waals surface area contributed by atoms with E-state index >= 15 is 0 Å². The summed E-state index contributed by atoms with van der Waals surface area (Å²) in [5.74, 6) is 1.11. The molecule has 0 spiro atoms. The Kier molecular flexibility index (Phi) is 3.34. The highest BCUT2D eigenvalue weighted by Crippen LogP contribution is 2.23. The van der Waals surface area contributed by atoms with Gasteiger partial charge in [-0.3, -0.25) is 0 Å². The van der Waals surface area contributed by atoms with Crippen LogP contribution < -0.4 is 10.5 Å². The molecule has 0 aliphatic heterocycles. The molecule has 0 unspecified atom stereocenters. The van der Waals surface area contributed by atoms with Gasteiger partial charge in [-0.2, -0.15) is 5.26 Å². The molecular formula is C13H11N3O. The lowest BCUT2D eigenvalue weighted by Crippen LogP contribution is -1.96. The van der Waals surface area contributed by atoms with E-state index in [0.29, 0.717) is 18.0 Å². The van der Waals surface area contributed by atoms with E-state index in [4.69, 9.17) is 15.7 Å². The molecule has 0 radical (unpaired) electrons. The third kappa shape index (κ3) is 2.60. The minimum Gasteiger partial charge on any atom is -0.454 e. The monoisotopic (exact) mass is 225 g/mol. The van der Waals surface area contributed by atoms with Gasteiger partial charge in [0, 0.05) is 12.7 Å². The predicted octanol–water partition coefficient (Wildman–Crippen LogP) is 2.20. The maximum Gasteiger partial charge on any atom is 0.183 e. The van der Waals surface area contributed by atoms with Crippen LogP contribution in [0.2, 0.25) is 0 Å². The van der Waals surface area contributed by atoms with Crippen molar-refractivity contribution in [1.29, 1.82) is 5.26 Å². The van der Waals surface area contributed by atoms with Crippen LogP contribution >= 0.6 is 0 Å². The Morgan fingerprint density at radius 3 is 2.65 bits per heavy atom. The van der Waals surface area contributed by atoms with Crippen LogP contribution in [-0.2, 0) is 6.54 Å². The second kappa shape index (κ2) is 5.10. The maximum atomic E-state index is 8.87. The van der Waals surface area contributed by atoms with Crippen molar-refractivity contribution in [2.24, 2.45) is 5.73 Å². The zero-order valence-corrected chi connectivity index (χ0v) is 9.13. The van der Waals surface area contributed by atoms with Crippen molar-refractivity contribution < 1.29 is 4.74 Å². The molecule has 0 aliphatic rings. The van der Waals surface area contributed by atoms with Crippen LogP contribution in [0.1, 0.15) is 11.3 Å². The van der Waals surface area contributed by atoms with Gasteiger partial charge >= 0.3 is 0 Å². The molecule has 0 atom stereocenters. The molecule has 0 amide bonds. The molecule has 2 N–H and O–H groups in total. The number of aromatic nitrogens is 1. The summed E-state index contributed by atoms with van der Waals surface area (Å²) in [5.41, 5.74) is 6.81. The highest BCUT2D eigenvalue weighted by atomic mass is 16.5. The number of nitrogens with two attached hydrogens (primary N) is 1. The summed E-state index contributed by atoms with van der Waals surface area (Å²) in [6.45, 7) is 0.497. The molecule has 17 heavy (non-hydrogen) atoms. The average molecular weight is 225 g/mol. The molecule has 2 aromatic rings. The number of nitriles is 1. The van der Waals surface area contributed by atoms with Crippen LogP contribution in [0.5, 0.6) is 11.5 Å². The Hall–Kier alpha value is -2.38. The first-order valence-corrected chi connectivity index (χ1v) is 5.15. The van der Waals surface area contributed by atoms with E-state index < -0.39 is 0 Å². The summed E-state index contributed by atoms with van der Waals surface area (Å²) < 4.78 is 5.57. The maximum absolute atomic E-state index is 8.87. The Bertz CT molecular complexity index is 543. The number of ether oxygens (including phenoxy) is 1. The van der Waals surface area contributed by atoms with Gasteiger partial charge in [0.05, 0.1) is 0 Å². The molecule has 0 bridgehead atoms. The van der Waals surface area contributed by atoms with Crippen molar-refractivity contribution in [2.45, 2.75) is 6.54 Å². The van der Waals surface area contributed by atoms with E-state index in [2.05, 4.69) is 4.98 Å². The fraction of sp³-hybridized carbons (Fsp3) is 0.0769. The number of benzene rings is 1. The van der Waals surface area contributed by atoms with E-state index in [0.717, 1.165) is 5.56 Å². The predicted molar refractivity (Wildman–Crippen MR) is 63.4 cm³/mol. The van der Waals surface area contributed by atoms with Gasteiger partial charge in [-0.05, 0) is 29.8 Å². The Balaban J connectivity index is 2.23. The second-order valence-corrected chi connectivity index (χ2v) is 3.41. The normalized spacial score (nSPS) is 9.65. The van der Waals surface area contributed by atoms with Crippen molar-refractivity contribution in [3.8, 4) is 17.6 Å². The molecule has 1 aromatic carbocycles. The molecule has 1 heterocycles. The minimum atomic E-state index is 0.274. The molecule has 1 aromatic heterocycles. The molecule has 2 rings (SSSR count). The molecule has 0 saturated carbocycles. The van der Waals surface area contributed by atoms with Gasteiger partial charge in [0.2, 0.25) is 0 Å². The average Bonchev–Trinajstić information content (AvgIpc) is 2.40. The van der Waals surface area contributed by atoms with E-state index in [1.807, 2.05) is 30.3 Å². The van der Waals surface area contributed by atoms with Crippen LogP contribution in [-0.4, -0.2) is 4.98 Å². The highest BCUT2D eigenvalue weighted by molar-refractivity contribution is 5.40. The number of rotatable bonds is 3. The summed E-state index contributed by atoms with van der Waals surface area (Å²) in [7, 11) is 0. The lowest BCUT2D eigenvalue weighted by atomic mass is 10.2. The summed E-state index contributed by atoms with van der Waals surface area (Å²) in [6.07, 6.45) is 1.56. The van der Waals surface area contributed by atoms with Crippen LogP contribution in [0.15, 0.2) is 42.6 Å². The first kappa shape index (κ1) is 11.1. The molecule has 84 valence electrons. The van der Waals surface area contributed by atoms with Gasteiger partial charge in [-0.25, -0.2) is 4.98 Å². The Morgan fingerprint density at radius 2 is 2.00 bits per heavy atom. The summed E-state index contributed by atoms with van der Waals surface area (Å²) >= 11 is 0. The Morgan fingerprint density at radius 1 is 1.24 bits per heavy atom. The van der Waals surface area contributed by atoms with Crippen molar-refractivity contribution in [2.75, 3.05) is 0 Å². The number of hydrogen-bond acceptors (Lipinski definition) is 4. The van der Waals surface area contributed by atoms with Crippen molar-refractivity contribution in [1.82, 2.24) is 4.98 Å². The molecule has 0 fully saturated rings. The second-order valence-electron chi connectivity index (χ2n) is 3.41. The largest absolute Gasteiger partial charge is 0.454 e. The topological polar surface area (TPSA) is 71.9 Å². The Labute approximate surface area is 99.3 Å². The summed E-state index contributed by atoms with van der Waals surface area (Å²) in [4.78, 5) is 3.92. The van der Waals surface area contributed by atoms with Gasteiger partial charge in [-0.15, -0.1) is 0 Å². The zero-order chi connectivity index (χ0) is 12.1. The molecule has 0 aliphatic carbocycles. The standard InChI is InChI=1S/C13H11N3O/c14-8-10-3-5-11(6-4-10)17-13-2-1-7-16-12(13)9-15/h1-7H,8,14H2. The van der Waals surface area contributed by atoms with E-state index in [1.54, 1.807) is 18.3 Å². The van der Waals surface area contributed by atoms with E-state index in [9.17, 15) is 0 Å². The van der Waals surface area contributed by atoms with Crippen LogP contribution in [0.3, 0.4) is 0 Å². The smallest absolute Gasteiger partial charge is 0.183 e. The zero-order valence-electron chi connectivity index (χ0n) is 9.13. The number of nitrogens with zero attached hydrogens (tertiary/aromatic N) is 2.